The first kappa shape index (κ1) is 14.0. The fourth-order valence-corrected chi connectivity index (χ4v) is 2.82. The number of aromatic nitrogens is 2. The fourth-order valence-electron chi connectivity index (χ4n) is 2.82. The van der Waals surface area contributed by atoms with E-state index in [1.165, 1.54) is 0 Å². The quantitative estimate of drug-likeness (QED) is 0.669. The fraction of sp³-hybridized carbons (Fsp3) is 0.133. The molecule has 1 atom stereocenters. The predicted octanol–water partition coefficient (Wildman–Crippen LogP) is 0.0101. The second-order valence-electron chi connectivity index (χ2n) is 5.19. The molecular weight excluding hydrogens is 316 g/mol. The molecule has 9 nitrogen and oxygen atoms in total. The molecule has 0 saturated carbocycles. The van der Waals surface area contributed by atoms with Gasteiger partial charge in [-0.1, -0.05) is 6.07 Å². The van der Waals surface area contributed by atoms with Gasteiger partial charge in [-0.25, -0.2) is 4.79 Å². The van der Waals surface area contributed by atoms with Crippen LogP contribution in [0.15, 0.2) is 39.2 Å². The van der Waals surface area contributed by atoms with Crippen LogP contribution in [-0.4, -0.2) is 16.8 Å². The first-order valence-electron chi connectivity index (χ1n) is 6.92. The minimum absolute atomic E-state index is 0.0684. The zero-order valence-corrected chi connectivity index (χ0v) is 12.1. The molecule has 1 aromatic heterocycles. The number of nitriles is 1. The van der Waals surface area contributed by atoms with Crippen LogP contribution < -0.4 is 31.2 Å². The highest BCUT2D eigenvalue weighted by Gasteiger charge is 2.34. The van der Waals surface area contributed by atoms with Crippen LogP contribution in [0.3, 0.4) is 0 Å². The Hall–Kier alpha value is -3.67. The molecule has 4 rings (SSSR count). The number of rotatable bonds is 1. The van der Waals surface area contributed by atoms with Gasteiger partial charge in [-0.2, -0.15) is 5.26 Å². The standard InChI is InChI=1S/C15H10N4O5/c16-4-7-10(6-1-2-8-9(3-6)23-5-22-8)11-13(20)18-15(21)19-14(11)24-12(7)17/h1-3,10H,5,17H2,(H2,18,19,20,21). The van der Waals surface area contributed by atoms with E-state index < -0.39 is 17.2 Å². The van der Waals surface area contributed by atoms with E-state index in [9.17, 15) is 14.9 Å². The van der Waals surface area contributed by atoms with Gasteiger partial charge < -0.3 is 19.9 Å². The van der Waals surface area contributed by atoms with E-state index in [0.29, 0.717) is 17.1 Å². The number of benzene rings is 1. The molecule has 0 aliphatic carbocycles. The molecule has 1 unspecified atom stereocenters. The molecule has 2 aliphatic heterocycles. The Kier molecular flexibility index (Phi) is 2.86. The molecule has 3 heterocycles. The van der Waals surface area contributed by atoms with E-state index >= 15 is 0 Å². The van der Waals surface area contributed by atoms with E-state index in [-0.39, 0.29) is 29.7 Å². The summed E-state index contributed by atoms with van der Waals surface area (Å²) >= 11 is 0. The Balaban J connectivity index is 1.98. The number of H-pyrrole nitrogens is 2. The molecular formula is C15H10N4O5. The Labute approximate surface area is 133 Å². The molecule has 4 N–H and O–H groups in total. The molecule has 9 heteroatoms. The summed E-state index contributed by atoms with van der Waals surface area (Å²) in [7, 11) is 0. The van der Waals surface area contributed by atoms with E-state index in [1.54, 1.807) is 18.2 Å². The van der Waals surface area contributed by atoms with E-state index in [4.69, 9.17) is 19.9 Å². The maximum Gasteiger partial charge on any atom is 0.328 e. The Morgan fingerprint density at radius 3 is 2.79 bits per heavy atom. The number of nitrogens with two attached hydrogens (primary N) is 1. The molecule has 0 radical (unpaired) electrons. The highest BCUT2D eigenvalue weighted by atomic mass is 16.7. The highest BCUT2D eigenvalue weighted by Crippen LogP contribution is 2.42. The molecule has 2 aliphatic rings. The van der Waals surface area contributed by atoms with Gasteiger partial charge in [0.2, 0.25) is 18.6 Å². The van der Waals surface area contributed by atoms with Crippen LogP contribution in [0.25, 0.3) is 0 Å². The van der Waals surface area contributed by atoms with Gasteiger partial charge in [0.05, 0.1) is 11.5 Å². The number of fused-ring (bicyclic) bond motifs is 2. The number of hydrogen-bond acceptors (Lipinski definition) is 7. The lowest BCUT2D eigenvalue weighted by atomic mass is 9.85. The minimum atomic E-state index is -0.797. The first-order chi connectivity index (χ1) is 11.6. The second-order valence-corrected chi connectivity index (χ2v) is 5.19. The second kappa shape index (κ2) is 4.92. The monoisotopic (exact) mass is 326 g/mol. The Morgan fingerprint density at radius 1 is 1.21 bits per heavy atom. The van der Waals surface area contributed by atoms with Crippen LogP contribution in [0.4, 0.5) is 0 Å². The summed E-state index contributed by atoms with van der Waals surface area (Å²) in [4.78, 5) is 28.3. The molecule has 0 bridgehead atoms. The molecule has 120 valence electrons. The molecule has 0 saturated heterocycles. The summed E-state index contributed by atoms with van der Waals surface area (Å²) in [5.41, 5.74) is 5.16. The molecule has 0 amide bonds. The van der Waals surface area contributed by atoms with Crippen molar-refractivity contribution >= 4 is 0 Å². The van der Waals surface area contributed by atoms with Crippen LogP contribution in [0.1, 0.15) is 17.0 Å². The summed E-state index contributed by atoms with van der Waals surface area (Å²) in [6, 6.07) is 7.00. The number of ether oxygens (including phenoxy) is 3. The average molecular weight is 326 g/mol. The normalized spacial score (nSPS) is 17.9. The van der Waals surface area contributed by atoms with Crippen LogP contribution in [-0.2, 0) is 0 Å². The summed E-state index contributed by atoms with van der Waals surface area (Å²) in [5, 5.41) is 9.45. The van der Waals surface area contributed by atoms with Crippen molar-refractivity contribution in [3.05, 3.63) is 61.6 Å². The lowest BCUT2D eigenvalue weighted by molar-refractivity contribution is 0.174. The van der Waals surface area contributed by atoms with Crippen LogP contribution in [0.5, 0.6) is 17.4 Å². The number of nitrogens with one attached hydrogen (secondary N) is 2. The number of aromatic amines is 2. The van der Waals surface area contributed by atoms with Crippen molar-refractivity contribution in [2.24, 2.45) is 5.73 Å². The zero-order valence-electron chi connectivity index (χ0n) is 12.1. The lowest BCUT2D eigenvalue weighted by Gasteiger charge is -2.24. The molecule has 0 spiro atoms. The van der Waals surface area contributed by atoms with Gasteiger partial charge in [0.15, 0.2) is 11.5 Å². The van der Waals surface area contributed by atoms with Gasteiger partial charge in [0, 0.05) is 0 Å². The summed E-state index contributed by atoms with van der Waals surface area (Å²) in [5.74, 6) is 0.0137. The van der Waals surface area contributed by atoms with Gasteiger partial charge in [0.25, 0.3) is 5.56 Å². The van der Waals surface area contributed by atoms with Crippen molar-refractivity contribution in [3.63, 3.8) is 0 Å². The molecule has 1 aromatic carbocycles. The first-order valence-corrected chi connectivity index (χ1v) is 6.92. The number of allylic oxidation sites excluding steroid dienone is 1. The van der Waals surface area contributed by atoms with Crippen molar-refractivity contribution in [1.29, 1.82) is 5.26 Å². The van der Waals surface area contributed by atoms with Crippen molar-refractivity contribution in [2.45, 2.75) is 5.92 Å². The third-order valence-electron chi connectivity index (χ3n) is 3.85. The molecule has 24 heavy (non-hydrogen) atoms. The van der Waals surface area contributed by atoms with Gasteiger partial charge in [-0.05, 0) is 17.7 Å². The average Bonchev–Trinajstić information content (AvgIpc) is 3.00. The van der Waals surface area contributed by atoms with Crippen LogP contribution in [0, 0.1) is 11.3 Å². The molecule has 0 fully saturated rings. The SMILES string of the molecule is N#CC1=C(N)Oc2[nH]c(=O)[nH]c(=O)c2C1c1ccc2c(c1)OCO2. The summed E-state index contributed by atoms with van der Waals surface area (Å²) in [6.45, 7) is 0.0974. The maximum absolute atomic E-state index is 12.3. The number of nitrogens with zero attached hydrogens (tertiary/aromatic N) is 1. The third-order valence-corrected chi connectivity index (χ3v) is 3.85. The zero-order chi connectivity index (χ0) is 16.8. The van der Waals surface area contributed by atoms with E-state index in [2.05, 4.69) is 9.97 Å². The van der Waals surface area contributed by atoms with Gasteiger partial charge >= 0.3 is 5.69 Å². The highest BCUT2D eigenvalue weighted by molar-refractivity contribution is 5.55. The van der Waals surface area contributed by atoms with Gasteiger partial charge in [0.1, 0.15) is 11.6 Å². The van der Waals surface area contributed by atoms with Crippen molar-refractivity contribution in [3.8, 4) is 23.4 Å². The third kappa shape index (κ3) is 1.94. The summed E-state index contributed by atoms with van der Waals surface area (Å²) in [6.07, 6.45) is 0. The van der Waals surface area contributed by atoms with E-state index in [1.807, 2.05) is 6.07 Å². The largest absolute Gasteiger partial charge is 0.454 e. The minimum Gasteiger partial charge on any atom is -0.454 e. The van der Waals surface area contributed by atoms with Crippen LogP contribution in [0.2, 0.25) is 0 Å². The Morgan fingerprint density at radius 2 is 2.00 bits per heavy atom. The topological polar surface area (TPSA) is 143 Å². The van der Waals surface area contributed by atoms with Gasteiger partial charge in [-0.3, -0.25) is 14.8 Å². The molecule has 2 aromatic rings. The summed E-state index contributed by atoms with van der Waals surface area (Å²) < 4.78 is 15.8. The lowest BCUT2D eigenvalue weighted by Crippen LogP contribution is -2.33. The van der Waals surface area contributed by atoms with Gasteiger partial charge in [-0.15, -0.1) is 0 Å². The van der Waals surface area contributed by atoms with Crippen molar-refractivity contribution in [1.82, 2.24) is 9.97 Å². The predicted molar refractivity (Wildman–Crippen MR) is 79.5 cm³/mol. The number of hydrogen-bond donors (Lipinski definition) is 3. The van der Waals surface area contributed by atoms with Crippen molar-refractivity contribution < 1.29 is 14.2 Å². The van der Waals surface area contributed by atoms with Crippen molar-refractivity contribution in [2.75, 3.05) is 6.79 Å². The smallest absolute Gasteiger partial charge is 0.328 e. The Bertz CT molecular complexity index is 1040. The maximum atomic E-state index is 12.3. The van der Waals surface area contributed by atoms with Crippen LogP contribution >= 0.6 is 0 Å². The van der Waals surface area contributed by atoms with E-state index in [0.717, 1.165) is 0 Å².